The number of nitrogen functional groups attached to an aromatic ring is 1. The number of hydrogen-bond donors (Lipinski definition) is 1. The van der Waals surface area contributed by atoms with E-state index in [1.54, 1.807) is 28.4 Å². The summed E-state index contributed by atoms with van der Waals surface area (Å²) in [5.74, 6) is 2.38. The Bertz CT molecular complexity index is 905. The van der Waals surface area contributed by atoms with E-state index in [1.807, 2.05) is 36.5 Å². The van der Waals surface area contributed by atoms with E-state index in [0.29, 0.717) is 28.7 Å². The highest BCUT2D eigenvalue weighted by molar-refractivity contribution is 7.10. The molecule has 0 aliphatic heterocycles. The largest absolute Gasteiger partial charge is 0.495 e. The van der Waals surface area contributed by atoms with Gasteiger partial charge in [-0.3, -0.25) is 0 Å². The minimum absolute atomic E-state index is 0. The van der Waals surface area contributed by atoms with Crippen molar-refractivity contribution in [2.75, 3.05) is 34.2 Å². The van der Waals surface area contributed by atoms with Crippen molar-refractivity contribution < 1.29 is 18.9 Å². The third kappa shape index (κ3) is 3.89. The summed E-state index contributed by atoms with van der Waals surface area (Å²) < 4.78 is 25.9. The number of hydrogen-bond acceptors (Lipinski definition) is 7. The van der Waals surface area contributed by atoms with Crippen LogP contribution in [0.1, 0.15) is 0 Å². The maximum absolute atomic E-state index is 6.06. The highest BCUT2D eigenvalue weighted by Crippen LogP contribution is 2.44. The van der Waals surface area contributed by atoms with Crippen LogP contribution in [0, 0.1) is 0 Å². The van der Waals surface area contributed by atoms with Gasteiger partial charge < -0.3 is 24.7 Å². The van der Waals surface area contributed by atoms with Gasteiger partial charge in [-0.05, 0) is 41.4 Å². The molecule has 0 saturated carbocycles. The molecule has 0 radical (unpaired) electrons. The molecular formula is C19H21ClN2O4S. The van der Waals surface area contributed by atoms with Crippen LogP contribution in [0.15, 0.2) is 36.5 Å². The lowest BCUT2D eigenvalue weighted by Gasteiger charge is -2.14. The summed E-state index contributed by atoms with van der Waals surface area (Å²) >= 11 is 1.39. The third-order valence-corrected chi connectivity index (χ3v) is 4.89. The van der Waals surface area contributed by atoms with Crippen molar-refractivity contribution in [3.63, 3.8) is 0 Å². The zero-order chi connectivity index (χ0) is 18.7. The van der Waals surface area contributed by atoms with Crippen molar-refractivity contribution in [3.05, 3.63) is 36.5 Å². The molecule has 0 bridgehead atoms. The molecule has 0 amide bonds. The zero-order valence-corrected chi connectivity index (χ0v) is 17.1. The van der Waals surface area contributed by atoms with Crippen molar-refractivity contribution in [2.24, 2.45) is 0 Å². The molecule has 2 aromatic carbocycles. The van der Waals surface area contributed by atoms with Crippen LogP contribution < -0.4 is 24.7 Å². The number of rotatable bonds is 6. The lowest BCUT2D eigenvalue weighted by molar-refractivity contribution is 0.324. The number of nitrogens with zero attached hydrogens (tertiary/aromatic N) is 1. The number of halogens is 1. The average Bonchev–Trinajstić information content (AvgIpc) is 3.16. The molecule has 1 aromatic heterocycles. The van der Waals surface area contributed by atoms with E-state index in [9.17, 15) is 0 Å². The molecule has 3 rings (SSSR count). The number of aromatic nitrogens is 1. The number of benzene rings is 2. The second-order valence-corrected chi connectivity index (χ2v) is 6.24. The summed E-state index contributed by atoms with van der Waals surface area (Å²) in [5, 5.41) is 0. The molecule has 3 aromatic rings. The summed E-state index contributed by atoms with van der Waals surface area (Å²) in [7, 11) is 6.37. The van der Waals surface area contributed by atoms with Crippen LogP contribution in [0.2, 0.25) is 0 Å². The molecule has 0 spiro atoms. The molecule has 0 aliphatic carbocycles. The summed E-state index contributed by atoms with van der Waals surface area (Å²) in [6.45, 7) is 0. The second-order valence-electron chi connectivity index (χ2n) is 5.44. The van der Waals surface area contributed by atoms with Gasteiger partial charge in [0.25, 0.3) is 0 Å². The molecule has 2 N–H and O–H groups in total. The van der Waals surface area contributed by atoms with Gasteiger partial charge in [0.15, 0.2) is 11.5 Å². The van der Waals surface area contributed by atoms with Crippen LogP contribution in [0.5, 0.6) is 23.0 Å². The van der Waals surface area contributed by atoms with Gasteiger partial charge in [0.2, 0.25) is 5.75 Å². The maximum Gasteiger partial charge on any atom is 0.203 e. The van der Waals surface area contributed by atoms with Crippen LogP contribution in [-0.2, 0) is 0 Å². The first-order valence-corrected chi connectivity index (χ1v) is 8.59. The van der Waals surface area contributed by atoms with Crippen molar-refractivity contribution in [1.82, 2.24) is 4.37 Å². The first kappa shape index (κ1) is 20.7. The molecule has 144 valence electrons. The topological polar surface area (TPSA) is 75.8 Å². The number of anilines is 1. The predicted octanol–water partition coefficient (Wildman–Crippen LogP) is 4.52. The molecule has 6 nitrogen and oxygen atoms in total. The maximum atomic E-state index is 6.06. The summed E-state index contributed by atoms with van der Waals surface area (Å²) in [4.78, 5) is 0.980. The molecule has 8 heteroatoms. The zero-order valence-electron chi connectivity index (χ0n) is 15.4. The van der Waals surface area contributed by atoms with E-state index in [4.69, 9.17) is 24.7 Å². The molecule has 0 fully saturated rings. The summed E-state index contributed by atoms with van der Waals surface area (Å²) in [5.41, 5.74) is 9.49. The normalized spacial score (nSPS) is 10.1. The van der Waals surface area contributed by atoms with Gasteiger partial charge in [0, 0.05) is 17.3 Å². The Labute approximate surface area is 168 Å². The van der Waals surface area contributed by atoms with Crippen molar-refractivity contribution in [3.8, 4) is 44.6 Å². The monoisotopic (exact) mass is 408 g/mol. The summed E-state index contributed by atoms with van der Waals surface area (Å²) in [6.07, 6.45) is 1.82. The SMILES string of the molecule is COc1ccc(-c2cnsc2-c2cc(OC)c(OC)c(OC)c2)cc1N.Cl. The first-order chi connectivity index (χ1) is 12.6. The number of ether oxygens (including phenoxy) is 4. The Balaban J connectivity index is 0.00000261. The molecule has 0 saturated heterocycles. The lowest BCUT2D eigenvalue weighted by atomic mass is 10.0. The van der Waals surface area contributed by atoms with E-state index in [0.717, 1.165) is 21.6 Å². The van der Waals surface area contributed by atoms with Crippen molar-refractivity contribution in [2.45, 2.75) is 0 Å². The fourth-order valence-electron chi connectivity index (χ4n) is 2.77. The predicted molar refractivity (Wildman–Crippen MR) is 111 cm³/mol. The average molecular weight is 409 g/mol. The van der Waals surface area contributed by atoms with Gasteiger partial charge in [0.05, 0.1) is 39.0 Å². The van der Waals surface area contributed by atoms with Crippen molar-refractivity contribution >= 4 is 29.6 Å². The van der Waals surface area contributed by atoms with Gasteiger partial charge >= 0.3 is 0 Å². The van der Waals surface area contributed by atoms with Crippen LogP contribution in [0.3, 0.4) is 0 Å². The van der Waals surface area contributed by atoms with Crippen LogP contribution in [-0.4, -0.2) is 32.8 Å². The molecule has 27 heavy (non-hydrogen) atoms. The Hall–Kier alpha value is -2.64. The van der Waals surface area contributed by atoms with E-state index in [-0.39, 0.29) is 12.4 Å². The van der Waals surface area contributed by atoms with E-state index < -0.39 is 0 Å². The standard InChI is InChI=1S/C19H20N2O4S.ClH/c1-22-15-6-5-11(7-14(15)20)13-10-21-26-19(13)12-8-16(23-2)18(25-4)17(9-12)24-3;/h5-10H,20H2,1-4H3;1H. The third-order valence-electron chi connectivity index (χ3n) is 4.04. The minimum Gasteiger partial charge on any atom is -0.495 e. The number of nitrogens with two attached hydrogens (primary N) is 1. The molecule has 0 atom stereocenters. The Kier molecular flexibility index (Phi) is 6.76. The fraction of sp³-hybridized carbons (Fsp3) is 0.211. The van der Waals surface area contributed by atoms with Crippen LogP contribution in [0.25, 0.3) is 21.6 Å². The van der Waals surface area contributed by atoms with E-state index in [2.05, 4.69) is 4.37 Å². The van der Waals surface area contributed by atoms with Gasteiger partial charge in [-0.2, -0.15) is 4.37 Å². The minimum atomic E-state index is 0. The Morgan fingerprint density at radius 2 is 1.44 bits per heavy atom. The summed E-state index contributed by atoms with van der Waals surface area (Å²) in [6, 6.07) is 9.50. The molecule has 0 unspecified atom stereocenters. The van der Waals surface area contributed by atoms with Crippen LogP contribution >= 0.6 is 23.9 Å². The van der Waals surface area contributed by atoms with Gasteiger partial charge in [0.1, 0.15) is 5.75 Å². The Morgan fingerprint density at radius 1 is 0.815 bits per heavy atom. The van der Waals surface area contributed by atoms with Gasteiger partial charge in [-0.15, -0.1) is 12.4 Å². The second kappa shape index (κ2) is 8.83. The van der Waals surface area contributed by atoms with Gasteiger partial charge in [-0.1, -0.05) is 6.07 Å². The molecule has 1 heterocycles. The van der Waals surface area contributed by atoms with Crippen LogP contribution in [0.4, 0.5) is 5.69 Å². The fourth-order valence-corrected chi connectivity index (χ4v) is 3.52. The highest BCUT2D eigenvalue weighted by atomic mass is 35.5. The molecule has 0 aliphatic rings. The first-order valence-electron chi connectivity index (χ1n) is 7.81. The molecular weight excluding hydrogens is 388 g/mol. The lowest BCUT2D eigenvalue weighted by Crippen LogP contribution is -1.96. The number of methoxy groups -OCH3 is 4. The Morgan fingerprint density at radius 3 is 1.96 bits per heavy atom. The highest BCUT2D eigenvalue weighted by Gasteiger charge is 2.18. The smallest absolute Gasteiger partial charge is 0.203 e. The van der Waals surface area contributed by atoms with Gasteiger partial charge in [-0.25, -0.2) is 0 Å². The quantitative estimate of drug-likeness (QED) is 0.604. The van der Waals surface area contributed by atoms with E-state index in [1.165, 1.54) is 11.5 Å². The van der Waals surface area contributed by atoms with E-state index >= 15 is 0 Å². The van der Waals surface area contributed by atoms with Crippen molar-refractivity contribution in [1.29, 1.82) is 0 Å².